The molecule has 1 fully saturated rings. The van der Waals surface area contributed by atoms with E-state index in [1.165, 1.54) is 0 Å². The lowest BCUT2D eigenvalue weighted by Crippen LogP contribution is -2.39. The molecule has 0 radical (unpaired) electrons. The van der Waals surface area contributed by atoms with Crippen molar-refractivity contribution in [1.29, 1.82) is 0 Å². The second-order valence-electron chi connectivity index (χ2n) is 6.37. The Kier molecular flexibility index (Phi) is 6.41. The smallest absolute Gasteiger partial charge is 0.324 e. The highest BCUT2D eigenvalue weighted by Crippen LogP contribution is 2.18. The van der Waals surface area contributed by atoms with E-state index in [9.17, 15) is 19.2 Å². The number of imide groups is 1. The third-order valence-corrected chi connectivity index (χ3v) is 4.26. The molecular formula is C20H21N5O4. The highest BCUT2D eigenvalue weighted by Gasteiger charge is 2.28. The van der Waals surface area contributed by atoms with Crippen LogP contribution < -0.4 is 21.3 Å². The van der Waals surface area contributed by atoms with Gasteiger partial charge in [0, 0.05) is 12.2 Å². The minimum absolute atomic E-state index is 0.0324. The number of urea groups is 2. The van der Waals surface area contributed by atoms with Crippen LogP contribution in [0, 0.1) is 0 Å². The number of para-hydroxylation sites is 1. The second kappa shape index (κ2) is 9.36. The topological polar surface area (TPSA) is 120 Å². The Bertz CT molecular complexity index is 900. The van der Waals surface area contributed by atoms with Crippen LogP contribution >= 0.6 is 0 Å². The second-order valence-corrected chi connectivity index (χ2v) is 6.37. The van der Waals surface area contributed by atoms with Gasteiger partial charge in [0.15, 0.2) is 0 Å². The van der Waals surface area contributed by atoms with Gasteiger partial charge in [-0.1, -0.05) is 48.5 Å². The average Bonchev–Trinajstić information content (AvgIpc) is 3.05. The number of hydrogen-bond donors (Lipinski definition) is 4. The van der Waals surface area contributed by atoms with Crippen molar-refractivity contribution >= 4 is 29.6 Å². The Morgan fingerprint density at radius 2 is 1.69 bits per heavy atom. The quantitative estimate of drug-likeness (QED) is 0.526. The minimum atomic E-state index is -0.465. The molecule has 29 heavy (non-hydrogen) atoms. The van der Waals surface area contributed by atoms with Crippen molar-refractivity contribution in [2.24, 2.45) is 0 Å². The summed E-state index contributed by atoms with van der Waals surface area (Å²) in [6.45, 7) is 0.141. The molecule has 2 aromatic rings. The van der Waals surface area contributed by atoms with E-state index in [-0.39, 0.29) is 25.5 Å². The van der Waals surface area contributed by atoms with E-state index in [0.29, 0.717) is 17.8 Å². The molecule has 2 aromatic carbocycles. The number of hydrogen-bond acceptors (Lipinski definition) is 4. The summed E-state index contributed by atoms with van der Waals surface area (Å²) in [5.41, 5.74) is 2.03. The summed E-state index contributed by atoms with van der Waals surface area (Å²) >= 11 is 0. The number of benzene rings is 2. The van der Waals surface area contributed by atoms with Gasteiger partial charge in [-0.25, -0.2) is 9.59 Å². The van der Waals surface area contributed by atoms with Crippen LogP contribution in [0.5, 0.6) is 0 Å². The molecule has 1 aliphatic heterocycles. The van der Waals surface area contributed by atoms with Crippen LogP contribution in [-0.4, -0.2) is 41.9 Å². The lowest BCUT2D eigenvalue weighted by Gasteiger charge is -2.16. The molecule has 0 aromatic heterocycles. The molecule has 1 saturated heterocycles. The van der Waals surface area contributed by atoms with Gasteiger partial charge >= 0.3 is 12.1 Å². The number of carbonyl (C=O) groups excluding carboxylic acids is 4. The van der Waals surface area contributed by atoms with Crippen LogP contribution in [0.4, 0.5) is 15.3 Å². The Morgan fingerprint density at radius 3 is 2.41 bits per heavy atom. The van der Waals surface area contributed by atoms with Gasteiger partial charge in [-0.3, -0.25) is 14.5 Å². The summed E-state index contributed by atoms with van der Waals surface area (Å²) in [5, 5.41) is 10.3. The van der Waals surface area contributed by atoms with E-state index < -0.39 is 18.0 Å². The van der Waals surface area contributed by atoms with Crippen molar-refractivity contribution in [3.8, 4) is 0 Å². The molecule has 0 spiro atoms. The molecule has 1 aliphatic rings. The first-order valence-corrected chi connectivity index (χ1v) is 9.04. The number of nitrogens with zero attached hydrogens (tertiary/aromatic N) is 1. The standard InChI is InChI=1S/C20H21N5O4/c26-17(11-22-19(28)21-10-14-6-2-1-3-7-14)24-16-9-5-4-8-15(16)13-25-18(27)12-23-20(25)29/h1-9H,10-13H2,(H,23,29)(H,24,26)(H2,21,22,28). The molecule has 9 heteroatoms. The Morgan fingerprint density at radius 1 is 0.966 bits per heavy atom. The van der Waals surface area contributed by atoms with Gasteiger partial charge in [0.05, 0.1) is 19.6 Å². The van der Waals surface area contributed by atoms with Crippen molar-refractivity contribution in [3.05, 3.63) is 65.7 Å². The highest BCUT2D eigenvalue weighted by atomic mass is 16.2. The first-order valence-electron chi connectivity index (χ1n) is 9.04. The highest BCUT2D eigenvalue weighted by molar-refractivity contribution is 6.02. The summed E-state index contributed by atoms with van der Waals surface area (Å²) in [7, 11) is 0. The fraction of sp³-hybridized carbons (Fsp3) is 0.200. The number of rotatable bonds is 7. The molecule has 6 amide bonds. The number of anilines is 1. The molecule has 150 valence electrons. The Hall–Kier alpha value is -3.88. The zero-order valence-corrected chi connectivity index (χ0v) is 15.6. The molecule has 0 atom stereocenters. The van der Waals surface area contributed by atoms with E-state index in [2.05, 4.69) is 21.3 Å². The fourth-order valence-corrected chi connectivity index (χ4v) is 2.76. The predicted octanol–water partition coefficient (Wildman–Crippen LogP) is 1.18. The maximum atomic E-state index is 12.2. The van der Waals surface area contributed by atoms with Gasteiger partial charge in [-0.05, 0) is 17.2 Å². The molecule has 3 rings (SSSR count). The number of carbonyl (C=O) groups is 4. The van der Waals surface area contributed by atoms with Crippen molar-refractivity contribution in [1.82, 2.24) is 20.9 Å². The van der Waals surface area contributed by atoms with Gasteiger partial charge in [0.2, 0.25) is 11.8 Å². The number of nitrogens with one attached hydrogen (secondary N) is 4. The van der Waals surface area contributed by atoms with E-state index in [1.54, 1.807) is 24.3 Å². The summed E-state index contributed by atoms with van der Waals surface area (Å²) in [5.74, 6) is -0.752. The fourth-order valence-electron chi connectivity index (χ4n) is 2.76. The van der Waals surface area contributed by atoms with Crippen LogP contribution in [0.1, 0.15) is 11.1 Å². The van der Waals surface area contributed by atoms with Crippen molar-refractivity contribution in [2.45, 2.75) is 13.1 Å². The zero-order valence-electron chi connectivity index (χ0n) is 15.6. The van der Waals surface area contributed by atoms with Crippen LogP contribution in [0.15, 0.2) is 54.6 Å². The van der Waals surface area contributed by atoms with E-state index in [1.807, 2.05) is 30.3 Å². The van der Waals surface area contributed by atoms with Crippen LogP contribution in [0.3, 0.4) is 0 Å². The van der Waals surface area contributed by atoms with Gasteiger partial charge in [0.25, 0.3) is 0 Å². The van der Waals surface area contributed by atoms with Crippen LogP contribution in [-0.2, 0) is 22.7 Å². The molecule has 0 aliphatic carbocycles. The van der Waals surface area contributed by atoms with Crippen LogP contribution in [0.25, 0.3) is 0 Å². The zero-order chi connectivity index (χ0) is 20.6. The molecule has 0 bridgehead atoms. The summed E-state index contributed by atoms with van der Waals surface area (Å²) in [6, 6.07) is 15.3. The third-order valence-electron chi connectivity index (χ3n) is 4.26. The Labute approximate surface area is 167 Å². The summed E-state index contributed by atoms with van der Waals surface area (Å²) in [4.78, 5) is 48.6. The largest absolute Gasteiger partial charge is 0.334 e. The van der Waals surface area contributed by atoms with Gasteiger partial charge in [0.1, 0.15) is 0 Å². The minimum Gasteiger partial charge on any atom is -0.334 e. The third kappa shape index (κ3) is 5.55. The first-order chi connectivity index (χ1) is 14.0. The lowest BCUT2D eigenvalue weighted by atomic mass is 10.1. The average molecular weight is 395 g/mol. The van der Waals surface area contributed by atoms with E-state index in [4.69, 9.17) is 0 Å². The molecular weight excluding hydrogens is 374 g/mol. The van der Waals surface area contributed by atoms with Crippen molar-refractivity contribution in [2.75, 3.05) is 18.4 Å². The van der Waals surface area contributed by atoms with Crippen molar-refractivity contribution in [3.63, 3.8) is 0 Å². The van der Waals surface area contributed by atoms with E-state index >= 15 is 0 Å². The molecule has 1 heterocycles. The van der Waals surface area contributed by atoms with Crippen LogP contribution in [0.2, 0.25) is 0 Å². The van der Waals surface area contributed by atoms with Gasteiger partial charge in [-0.2, -0.15) is 0 Å². The van der Waals surface area contributed by atoms with Gasteiger partial charge in [-0.15, -0.1) is 0 Å². The summed E-state index contributed by atoms with van der Waals surface area (Å²) < 4.78 is 0. The maximum Gasteiger partial charge on any atom is 0.324 e. The normalized spacial score (nSPS) is 13.0. The number of amides is 6. The molecule has 0 saturated carbocycles. The molecule has 0 unspecified atom stereocenters. The van der Waals surface area contributed by atoms with Gasteiger partial charge < -0.3 is 21.3 Å². The summed E-state index contributed by atoms with van der Waals surface area (Å²) in [6.07, 6.45) is 0. The monoisotopic (exact) mass is 395 g/mol. The molecule has 9 nitrogen and oxygen atoms in total. The lowest BCUT2D eigenvalue weighted by molar-refractivity contribution is -0.125. The van der Waals surface area contributed by atoms with Crippen molar-refractivity contribution < 1.29 is 19.2 Å². The van der Waals surface area contributed by atoms with E-state index in [0.717, 1.165) is 10.5 Å². The molecule has 4 N–H and O–H groups in total. The Balaban J connectivity index is 1.49. The maximum absolute atomic E-state index is 12.2. The SMILES string of the molecule is O=C(CNC(=O)NCc1ccccc1)Nc1ccccc1CN1C(=O)CNC1=O. The first kappa shape index (κ1) is 19.9. The predicted molar refractivity (Wildman–Crippen MR) is 106 cm³/mol.